The maximum absolute atomic E-state index is 14.7. The number of alkyl halides is 3. The average molecular weight is 432 g/mol. The van der Waals surface area contributed by atoms with Gasteiger partial charge in [-0.3, -0.25) is 4.68 Å². The number of aryl methyl sites for hydroxylation is 1. The fourth-order valence-corrected chi connectivity index (χ4v) is 3.31. The number of aromatic nitrogens is 2. The molecule has 0 atom stereocenters. The Labute approximate surface area is 176 Å². The first kappa shape index (κ1) is 21.1. The number of hydrogen-bond acceptors (Lipinski definition) is 3. The number of benzene rings is 2. The van der Waals surface area contributed by atoms with Crippen LogP contribution in [0.5, 0.6) is 5.75 Å². The van der Waals surface area contributed by atoms with Crippen LogP contribution < -0.4 is 4.74 Å². The average Bonchev–Trinajstić information content (AvgIpc) is 3.36. The van der Waals surface area contributed by atoms with Crippen molar-refractivity contribution >= 4 is 11.9 Å². The summed E-state index contributed by atoms with van der Waals surface area (Å²) < 4.78 is 56.9. The van der Waals surface area contributed by atoms with E-state index in [1.165, 1.54) is 18.2 Å². The normalized spacial score (nSPS) is 15.7. The maximum Gasteiger partial charge on any atom is 0.573 e. The first-order valence-electron chi connectivity index (χ1n) is 9.71. The number of rotatable bonds is 6. The van der Waals surface area contributed by atoms with Crippen molar-refractivity contribution in [2.24, 2.45) is 0 Å². The van der Waals surface area contributed by atoms with Crippen molar-refractivity contribution in [3.05, 3.63) is 82.7 Å². The minimum Gasteiger partial charge on any atom is -0.406 e. The summed E-state index contributed by atoms with van der Waals surface area (Å²) in [6.45, 7) is 2.23. The number of ether oxygens (including phenoxy) is 1. The summed E-state index contributed by atoms with van der Waals surface area (Å²) in [5.41, 5.74) is 2.35. The van der Waals surface area contributed by atoms with Crippen LogP contribution in [0.1, 0.15) is 40.9 Å². The van der Waals surface area contributed by atoms with E-state index < -0.39 is 17.8 Å². The Hall–Kier alpha value is -3.13. The minimum absolute atomic E-state index is 0.130. The minimum atomic E-state index is -4.77. The lowest BCUT2D eigenvalue weighted by Gasteiger charge is -2.11. The fraction of sp³-hybridized carbons (Fsp3) is 0.261. The Morgan fingerprint density at radius 3 is 2.52 bits per heavy atom. The highest BCUT2D eigenvalue weighted by Crippen LogP contribution is 2.45. The zero-order valence-electron chi connectivity index (χ0n) is 16.7. The SMILES string of the molecule is Cc1cc(/C(F)=C/c2ccc(OC(F)(F)F)cc2)nn1Cc1cccc(C2(O)CC2)c1. The van der Waals surface area contributed by atoms with Gasteiger partial charge in [0.05, 0.1) is 12.1 Å². The molecule has 1 saturated carbocycles. The molecule has 1 aliphatic carbocycles. The van der Waals surface area contributed by atoms with Crippen molar-refractivity contribution in [1.82, 2.24) is 9.78 Å². The molecule has 0 aliphatic heterocycles. The van der Waals surface area contributed by atoms with Gasteiger partial charge in [0.1, 0.15) is 11.4 Å². The molecule has 2 aromatic carbocycles. The zero-order valence-corrected chi connectivity index (χ0v) is 16.7. The first-order chi connectivity index (χ1) is 14.6. The molecule has 0 radical (unpaired) electrons. The molecule has 0 bridgehead atoms. The Kier molecular flexibility index (Phi) is 5.35. The standard InChI is InChI=1S/C23H20F4N2O2/c1-15-11-21(20(24)13-16-5-7-19(8-6-16)31-23(25,26)27)28-29(15)14-17-3-2-4-18(12-17)22(30)9-10-22/h2-8,11-13,30H,9-10,14H2,1H3/b20-13-. The topological polar surface area (TPSA) is 47.3 Å². The van der Waals surface area contributed by atoms with Gasteiger partial charge in [-0.2, -0.15) is 5.10 Å². The van der Waals surface area contributed by atoms with E-state index in [4.69, 9.17) is 0 Å². The molecule has 1 heterocycles. The van der Waals surface area contributed by atoms with Crippen LogP contribution in [0.4, 0.5) is 17.6 Å². The largest absolute Gasteiger partial charge is 0.573 e. The van der Waals surface area contributed by atoms with Crippen LogP contribution in [0.15, 0.2) is 54.6 Å². The molecular weight excluding hydrogens is 412 g/mol. The van der Waals surface area contributed by atoms with Gasteiger partial charge in [0.15, 0.2) is 5.83 Å². The lowest BCUT2D eigenvalue weighted by molar-refractivity contribution is -0.274. The van der Waals surface area contributed by atoms with Crippen LogP contribution in [0.3, 0.4) is 0 Å². The fourth-order valence-electron chi connectivity index (χ4n) is 3.31. The quantitative estimate of drug-likeness (QED) is 0.517. The summed E-state index contributed by atoms with van der Waals surface area (Å²) in [5.74, 6) is -0.976. The second kappa shape index (κ2) is 7.85. The van der Waals surface area contributed by atoms with Gasteiger partial charge in [-0.1, -0.05) is 36.4 Å². The maximum atomic E-state index is 14.7. The molecule has 1 N–H and O–H groups in total. The van der Waals surface area contributed by atoms with Crippen LogP contribution in [0.2, 0.25) is 0 Å². The first-order valence-corrected chi connectivity index (χ1v) is 9.71. The predicted octanol–water partition coefficient (Wildman–Crippen LogP) is 5.59. The molecule has 162 valence electrons. The molecule has 0 spiro atoms. The number of hydrogen-bond donors (Lipinski definition) is 1. The van der Waals surface area contributed by atoms with Crippen LogP contribution in [0.25, 0.3) is 11.9 Å². The third-order valence-corrected chi connectivity index (χ3v) is 5.15. The van der Waals surface area contributed by atoms with E-state index in [-0.39, 0.29) is 11.4 Å². The highest BCUT2D eigenvalue weighted by Gasteiger charge is 2.42. The molecule has 0 saturated heterocycles. The Balaban J connectivity index is 1.49. The summed E-state index contributed by atoms with van der Waals surface area (Å²) in [7, 11) is 0. The summed E-state index contributed by atoms with van der Waals surface area (Å²) in [6.07, 6.45) is -2.07. The molecule has 1 aromatic heterocycles. The van der Waals surface area contributed by atoms with Gasteiger partial charge >= 0.3 is 6.36 Å². The van der Waals surface area contributed by atoms with Gasteiger partial charge in [-0.25, -0.2) is 4.39 Å². The lowest BCUT2D eigenvalue weighted by atomic mass is 10.0. The van der Waals surface area contributed by atoms with E-state index in [1.54, 1.807) is 10.7 Å². The molecule has 31 heavy (non-hydrogen) atoms. The van der Waals surface area contributed by atoms with Crippen LogP contribution in [0, 0.1) is 6.92 Å². The van der Waals surface area contributed by atoms with Gasteiger partial charge in [0, 0.05) is 5.69 Å². The van der Waals surface area contributed by atoms with Crippen molar-refractivity contribution in [1.29, 1.82) is 0 Å². The van der Waals surface area contributed by atoms with Crippen LogP contribution in [-0.2, 0) is 12.1 Å². The summed E-state index contributed by atoms with van der Waals surface area (Å²) in [5, 5.41) is 14.6. The van der Waals surface area contributed by atoms with Gasteiger partial charge in [-0.15, -0.1) is 13.2 Å². The number of aliphatic hydroxyl groups is 1. The molecule has 1 fully saturated rings. The second-order valence-electron chi connectivity index (χ2n) is 7.67. The molecule has 1 aliphatic rings. The highest BCUT2D eigenvalue weighted by atomic mass is 19.4. The van der Waals surface area contributed by atoms with Crippen molar-refractivity contribution < 1.29 is 27.4 Å². The monoisotopic (exact) mass is 432 g/mol. The molecule has 0 unspecified atom stereocenters. The van der Waals surface area contributed by atoms with E-state index in [0.29, 0.717) is 12.1 Å². The second-order valence-corrected chi connectivity index (χ2v) is 7.67. The molecular formula is C23H20F4N2O2. The molecule has 4 rings (SSSR count). The molecule has 4 nitrogen and oxygen atoms in total. The lowest BCUT2D eigenvalue weighted by Crippen LogP contribution is -2.16. The van der Waals surface area contributed by atoms with Gasteiger partial charge in [-0.05, 0) is 60.7 Å². The van der Waals surface area contributed by atoms with Crippen molar-refractivity contribution in [2.45, 2.75) is 38.3 Å². The number of halogens is 4. The summed E-state index contributed by atoms with van der Waals surface area (Å²) in [4.78, 5) is 0. The van der Waals surface area contributed by atoms with Crippen molar-refractivity contribution in [3.63, 3.8) is 0 Å². The summed E-state index contributed by atoms with van der Waals surface area (Å²) >= 11 is 0. The van der Waals surface area contributed by atoms with E-state index in [2.05, 4.69) is 9.84 Å². The van der Waals surface area contributed by atoms with E-state index in [1.807, 2.05) is 31.2 Å². The van der Waals surface area contributed by atoms with Gasteiger partial charge in [0.2, 0.25) is 0 Å². The van der Waals surface area contributed by atoms with Crippen LogP contribution in [-0.4, -0.2) is 21.2 Å². The van der Waals surface area contributed by atoms with E-state index in [9.17, 15) is 22.7 Å². The third-order valence-electron chi connectivity index (χ3n) is 5.15. The summed E-state index contributed by atoms with van der Waals surface area (Å²) in [6, 6.07) is 14.1. The smallest absolute Gasteiger partial charge is 0.406 e. The predicted molar refractivity (Wildman–Crippen MR) is 108 cm³/mol. The van der Waals surface area contributed by atoms with Gasteiger partial charge < -0.3 is 9.84 Å². The van der Waals surface area contributed by atoms with E-state index >= 15 is 0 Å². The van der Waals surface area contributed by atoms with Crippen molar-refractivity contribution in [3.8, 4) is 5.75 Å². The number of nitrogens with zero attached hydrogens (tertiary/aromatic N) is 2. The van der Waals surface area contributed by atoms with Crippen LogP contribution >= 0.6 is 0 Å². The molecule has 3 aromatic rings. The van der Waals surface area contributed by atoms with E-state index in [0.717, 1.165) is 41.8 Å². The van der Waals surface area contributed by atoms with Gasteiger partial charge in [0.25, 0.3) is 0 Å². The highest BCUT2D eigenvalue weighted by molar-refractivity contribution is 5.75. The third kappa shape index (κ3) is 5.14. The Morgan fingerprint density at radius 1 is 1.16 bits per heavy atom. The molecule has 8 heteroatoms. The Morgan fingerprint density at radius 2 is 1.87 bits per heavy atom. The molecule has 0 amide bonds. The Bertz CT molecular complexity index is 1110. The van der Waals surface area contributed by atoms with Crippen molar-refractivity contribution in [2.75, 3.05) is 0 Å². The zero-order chi connectivity index (χ0) is 22.2.